The second kappa shape index (κ2) is 5.63. The minimum absolute atomic E-state index is 0.295. The van der Waals surface area contributed by atoms with Crippen molar-refractivity contribution in [1.29, 1.82) is 0 Å². The van der Waals surface area contributed by atoms with Gasteiger partial charge in [-0.05, 0) is 27.3 Å². The Kier molecular flexibility index (Phi) is 5.56. The maximum atomic E-state index is 9.70. The first-order chi connectivity index (χ1) is 6.26. The van der Waals surface area contributed by atoms with E-state index >= 15 is 0 Å². The molecule has 0 aliphatic carbocycles. The van der Waals surface area contributed by atoms with Gasteiger partial charge in [-0.2, -0.15) is 0 Å². The molecule has 0 amide bonds. The van der Waals surface area contributed by atoms with E-state index in [1.807, 2.05) is 13.8 Å². The van der Waals surface area contributed by atoms with Crippen molar-refractivity contribution in [2.45, 2.75) is 45.8 Å². The Morgan fingerprint density at radius 3 is 2.36 bits per heavy atom. The maximum Gasteiger partial charge on any atom is 0.0742 e. The van der Waals surface area contributed by atoms with Crippen molar-refractivity contribution < 1.29 is 5.11 Å². The smallest absolute Gasteiger partial charge is 0.0742 e. The Hall–Kier alpha value is -0.190. The average Bonchev–Trinajstić information content (AvgIpc) is 1.96. The van der Waals surface area contributed by atoms with Gasteiger partial charge in [0.1, 0.15) is 0 Å². The van der Waals surface area contributed by atoms with Crippen molar-refractivity contribution in [1.82, 2.24) is 4.90 Å². The molecule has 0 radical (unpaired) electrons. The summed E-state index contributed by atoms with van der Waals surface area (Å²) in [6, 6.07) is 0.295. The summed E-state index contributed by atoms with van der Waals surface area (Å²) in [5.41, 5.74) is 4.83. The summed E-state index contributed by atoms with van der Waals surface area (Å²) < 4.78 is 0. The van der Waals surface area contributed by atoms with Crippen LogP contribution in [0.15, 0.2) is 0 Å². The fourth-order valence-electron chi connectivity index (χ4n) is 1.50. The minimum atomic E-state index is -0.666. The van der Waals surface area contributed by atoms with Crippen molar-refractivity contribution in [2.24, 2.45) is 5.73 Å². The number of nitrogens with two attached hydrogens (primary N) is 1. The third-order valence-electron chi connectivity index (χ3n) is 2.12. The highest BCUT2D eigenvalue weighted by Gasteiger charge is 2.21. The number of aliphatic hydroxyl groups is 1. The zero-order valence-electron chi connectivity index (χ0n) is 9.58. The van der Waals surface area contributed by atoms with E-state index in [2.05, 4.69) is 18.7 Å². The highest BCUT2D eigenvalue weighted by Crippen LogP contribution is 2.10. The zero-order chi connectivity index (χ0) is 11.4. The second-order valence-corrected chi connectivity index (χ2v) is 4.92. The van der Waals surface area contributed by atoms with E-state index in [4.69, 9.17) is 18.0 Å². The number of hydrogen-bond donors (Lipinski definition) is 2. The first-order valence-corrected chi connectivity index (χ1v) is 5.42. The summed E-state index contributed by atoms with van der Waals surface area (Å²) in [6.07, 6.45) is 0.708. The predicted molar refractivity (Wildman–Crippen MR) is 64.4 cm³/mol. The first-order valence-electron chi connectivity index (χ1n) is 5.01. The Balaban J connectivity index is 4.19. The van der Waals surface area contributed by atoms with Crippen LogP contribution in [0.3, 0.4) is 0 Å². The molecule has 14 heavy (non-hydrogen) atoms. The molecule has 84 valence electrons. The number of hydrogen-bond acceptors (Lipinski definition) is 3. The van der Waals surface area contributed by atoms with Gasteiger partial charge in [0.15, 0.2) is 0 Å². The minimum Gasteiger partial charge on any atom is -0.393 e. The molecule has 0 heterocycles. The molecule has 0 aromatic carbocycles. The van der Waals surface area contributed by atoms with Crippen molar-refractivity contribution in [3.63, 3.8) is 0 Å². The number of rotatable bonds is 6. The van der Waals surface area contributed by atoms with E-state index in [-0.39, 0.29) is 0 Å². The van der Waals surface area contributed by atoms with Crippen LogP contribution in [0.4, 0.5) is 0 Å². The van der Waals surface area contributed by atoms with Crippen molar-refractivity contribution in [3.05, 3.63) is 0 Å². The monoisotopic (exact) mass is 218 g/mol. The molecule has 0 rings (SSSR count). The molecular formula is C10H22N2OS. The van der Waals surface area contributed by atoms with Gasteiger partial charge in [0, 0.05) is 19.0 Å². The average molecular weight is 218 g/mol. The summed E-state index contributed by atoms with van der Waals surface area (Å²) in [5, 5.41) is 9.70. The molecule has 1 atom stereocenters. The summed E-state index contributed by atoms with van der Waals surface area (Å²) in [5.74, 6) is 0. The fraction of sp³-hybridized carbons (Fsp3) is 0.900. The lowest BCUT2D eigenvalue weighted by Crippen LogP contribution is -2.44. The molecule has 4 heteroatoms. The first kappa shape index (κ1) is 13.8. The summed E-state index contributed by atoms with van der Waals surface area (Å²) >= 11 is 4.87. The Bertz CT molecular complexity index is 189. The third-order valence-corrected chi connectivity index (χ3v) is 2.28. The van der Waals surface area contributed by atoms with Crippen molar-refractivity contribution in [2.75, 3.05) is 13.1 Å². The number of likely N-dealkylation sites (N-methyl/N-ethyl adjacent to an activating group) is 1. The molecule has 0 bridgehead atoms. The molecule has 3 N–H and O–H groups in total. The third kappa shape index (κ3) is 6.29. The molecule has 0 aromatic heterocycles. The zero-order valence-corrected chi connectivity index (χ0v) is 10.4. The Labute approximate surface area is 92.3 Å². The summed E-state index contributed by atoms with van der Waals surface area (Å²) in [6.45, 7) is 9.31. The van der Waals surface area contributed by atoms with Gasteiger partial charge in [-0.3, -0.25) is 4.90 Å². The highest BCUT2D eigenvalue weighted by atomic mass is 32.1. The molecule has 0 aliphatic heterocycles. The number of thiocarbonyl (C=S) groups is 1. The standard InChI is InChI=1S/C10H22N2OS/c1-5-12(7-10(3,4)13)8(2)6-9(11)14/h8,13H,5-7H2,1-4H3,(H2,11,14). The molecule has 1 unspecified atom stereocenters. The maximum absolute atomic E-state index is 9.70. The quantitative estimate of drug-likeness (QED) is 0.657. The lowest BCUT2D eigenvalue weighted by atomic mass is 10.1. The van der Waals surface area contributed by atoms with E-state index in [0.29, 0.717) is 24.0 Å². The Morgan fingerprint density at radius 2 is 2.07 bits per heavy atom. The molecule has 0 spiro atoms. The van der Waals surface area contributed by atoms with Crippen LogP contribution in [-0.4, -0.2) is 39.7 Å². The predicted octanol–water partition coefficient (Wildman–Crippen LogP) is 1.14. The molecule has 0 saturated carbocycles. The van der Waals surface area contributed by atoms with Gasteiger partial charge in [0.25, 0.3) is 0 Å². The van der Waals surface area contributed by atoms with E-state index in [0.717, 1.165) is 6.54 Å². The lowest BCUT2D eigenvalue weighted by Gasteiger charge is -2.32. The van der Waals surface area contributed by atoms with Crippen LogP contribution in [0, 0.1) is 0 Å². The van der Waals surface area contributed by atoms with Crippen LogP contribution >= 0.6 is 12.2 Å². The molecule has 0 saturated heterocycles. The molecule has 3 nitrogen and oxygen atoms in total. The van der Waals surface area contributed by atoms with E-state index < -0.39 is 5.60 Å². The van der Waals surface area contributed by atoms with Crippen molar-refractivity contribution in [3.8, 4) is 0 Å². The molecule has 0 aromatic rings. The van der Waals surface area contributed by atoms with Gasteiger partial charge in [-0.1, -0.05) is 19.1 Å². The van der Waals surface area contributed by atoms with Gasteiger partial charge >= 0.3 is 0 Å². The van der Waals surface area contributed by atoms with Crippen LogP contribution in [0.25, 0.3) is 0 Å². The van der Waals surface area contributed by atoms with Gasteiger partial charge in [-0.25, -0.2) is 0 Å². The van der Waals surface area contributed by atoms with Gasteiger partial charge < -0.3 is 10.8 Å². The van der Waals surface area contributed by atoms with Crippen LogP contribution in [0.2, 0.25) is 0 Å². The van der Waals surface area contributed by atoms with Gasteiger partial charge in [-0.15, -0.1) is 0 Å². The van der Waals surface area contributed by atoms with Gasteiger partial charge in [0.05, 0.1) is 10.6 Å². The molecule has 0 aliphatic rings. The number of nitrogens with zero attached hydrogens (tertiary/aromatic N) is 1. The SMILES string of the molecule is CCN(CC(C)(C)O)C(C)CC(N)=S. The van der Waals surface area contributed by atoms with E-state index in [9.17, 15) is 5.11 Å². The summed E-state index contributed by atoms with van der Waals surface area (Å²) in [4.78, 5) is 2.71. The van der Waals surface area contributed by atoms with Gasteiger partial charge in [0.2, 0.25) is 0 Å². The Morgan fingerprint density at radius 1 is 1.57 bits per heavy atom. The second-order valence-electron chi connectivity index (χ2n) is 4.39. The normalized spacial score (nSPS) is 14.4. The van der Waals surface area contributed by atoms with Crippen LogP contribution in [0.5, 0.6) is 0 Å². The van der Waals surface area contributed by atoms with E-state index in [1.165, 1.54) is 0 Å². The van der Waals surface area contributed by atoms with Crippen molar-refractivity contribution >= 4 is 17.2 Å². The van der Waals surface area contributed by atoms with E-state index in [1.54, 1.807) is 0 Å². The van der Waals surface area contributed by atoms with Crippen LogP contribution in [-0.2, 0) is 0 Å². The van der Waals surface area contributed by atoms with Crippen LogP contribution < -0.4 is 5.73 Å². The fourth-order valence-corrected chi connectivity index (χ4v) is 1.74. The summed E-state index contributed by atoms with van der Waals surface area (Å²) in [7, 11) is 0. The molecular weight excluding hydrogens is 196 g/mol. The van der Waals surface area contributed by atoms with Crippen LogP contribution in [0.1, 0.15) is 34.1 Å². The highest BCUT2D eigenvalue weighted by molar-refractivity contribution is 7.80. The largest absolute Gasteiger partial charge is 0.393 e. The lowest BCUT2D eigenvalue weighted by molar-refractivity contribution is 0.0262. The topological polar surface area (TPSA) is 49.5 Å². The molecule has 0 fully saturated rings.